The summed E-state index contributed by atoms with van der Waals surface area (Å²) in [5, 5.41) is 3.15. The third kappa shape index (κ3) is 4.95. The molecule has 0 bridgehead atoms. The highest BCUT2D eigenvalue weighted by atomic mass is 35.5. The van der Waals surface area contributed by atoms with Crippen LogP contribution >= 0.6 is 11.6 Å². The Morgan fingerprint density at radius 2 is 1.62 bits per heavy atom. The first-order valence-corrected chi connectivity index (χ1v) is 12.0. The van der Waals surface area contributed by atoms with E-state index in [1.54, 1.807) is 32.0 Å². The molecule has 0 radical (unpaired) electrons. The zero-order chi connectivity index (χ0) is 23.6. The standard InChI is InChI=1S/C24H25ClN2O4S/c1-15(2)18-5-9-20(10-6-18)26-22(28)14-27-17(4)13-16(3)23(24(27)29)32(30,31)21-11-7-19(25)8-12-21/h5-13,15H,14H2,1-4H3,(H,26,28). The molecule has 1 aromatic heterocycles. The van der Waals surface area contributed by atoms with Gasteiger partial charge < -0.3 is 9.88 Å². The second-order valence-electron chi connectivity index (χ2n) is 7.97. The Morgan fingerprint density at radius 3 is 2.19 bits per heavy atom. The summed E-state index contributed by atoms with van der Waals surface area (Å²) in [6.07, 6.45) is 0. The van der Waals surface area contributed by atoms with Crippen molar-refractivity contribution in [3.63, 3.8) is 0 Å². The van der Waals surface area contributed by atoms with Gasteiger partial charge in [-0.2, -0.15) is 0 Å². The van der Waals surface area contributed by atoms with Gasteiger partial charge in [0.05, 0.1) is 4.90 Å². The van der Waals surface area contributed by atoms with Crippen molar-refractivity contribution in [3.8, 4) is 0 Å². The summed E-state index contributed by atoms with van der Waals surface area (Å²) >= 11 is 5.86. The van der Waals surface area contributed by atoms with Crippen LogP contribution in [0.2, 0.25) is 5.02 Å². The zero-order valence-electron chi connectivity index (χ0n) is 18.3. The van der Waals surface area contributed by atoms with Crippen molar-refractivity contribution >= 4 is 33.0 Å². The van der Waals surface area contributed by atoms with Gasteiger partial charge >= 0.3 is 0 Å². The Morgan fingerprint density at radius 1 is 1.03 bits per heavy atom. The molecule has 3 aromatic rings. The Kier molecular flexibility index (Phi) is 6.91. The van der Waals surface area contributed by atoms with Crippen LogP contribution in [0.3, 0.4) is 0 Å². The lowest BCUT2D eigenvalue weighted by atomic mass is 10.0. The van der Waals surface area contributed by atoms with Crippen LogP contribution in [0.1, 0.15) is 36.6 Å². The van der Waals surface area contributed by atoms with Crippen LogP contribution in [0.5, 0.6) is 0 Å². The van der Waals surface area contributed by atoms with Gasteiger partial charge in [-0.25, -0.2) is 8.42 Å². The lowest BCUT2D eigenvalue weighted by molar-refractivity contribution is -0.116. The molecule has 0 aliphatic heterocycles. The Hall–Kier alpha value is -2.90. The molecule has 0 aliphatic rings. The van der Waals surface area contributed by atoms with Gasteiger partial charge in [0.25, 0.3) is 5.56 Å². The highest BCUT2D eigenvalue weighted by Gasteiger charge is 2.26. The van der Waals surface area contributed by atoms with Crippen molar-refractivity contribution < 1.29 is 13.2 Å². The van der Waals surface area contributed by atoms with Crippen molar-refractivity contribution in [1.29, 1.82) is 0 Å². The molecule has 0 fully saturated rings. The van der Waals surface area contributed by atoms with E-state index in [9.17, 15) is 18.0 Å². The minimum Gasteiger partial charge on any atom is -0.325 e. The number of benzene rings is 2. The topological polar surface area (TPSA) is 85.2 Å². The number of aromatic nitrogens is 1. The van der Waals surface area contributed by atoms with Crippen molar-refractivity contribution in [1.82, 2.24) is 4.57 Å². The number of pyridine rings is 1. The first-order chi connectivity index (χ1) is 15.0. The second-order valence-corrected chi connectivity index (χ2v) is 10.3. The molecule has 6 nitrogen and oxygen atoms in total. The zero-order valence-corrected chi connectivity index (χ0v) is 19.9. The number of nitrogens with zero attached hydrogens (tertiary/aromatic N) is 1. The number of halogens is 1. The molecule has 168 valence electrons. The average Bonchev–Trinajstić information content (AvgIpc) is 2.71. The van der Waals surface area contributed by atoms with Crippen LogP contribution in [0.4, 0.5) is 5.69 Å². The summed E-state index contributed by atoms with van der Waals surface area (Å²) in [6.45, 7) is 7.08. The molecular formula is C24H25ClN2O4S. The summed E-state index contributed by atoms with van der Waals surface area (Å²) in [6, 6.07) is 14.7. The quantitative estimate of drug-likeness (QED) is 0.562. The molecule has 1 heterocycles. The number of nitrogens with one attached hydrogen (secondary N) is 1. The fourth-order valence-corrected chi connectivity index (χ4v) is 5.14. The second kappa shape index (κ2) is 9.30. The van der Waals surface area contributed by atoms with E-state index in [-0.39, 0.29) is 16.3 Å². The molecule has 0 aliphatic carbocycles. The SMILES string of the molecule is Cc1cc(C)n(CC(=O)Nc2ccc(C(C)C)cc2)c(=O)c1S(=O)(=O)c1ccc(Cl)cc1. The maximum absolute atomic E-state index is 13.2. The Bertz CT molecular complexity index is 1310. The largest absolute Gasteiger partial charge is 0.325 e. The molecule has 32 heavy (non-hydrogen) atoms. The van der Waals surface area contributed by atoms with Crippen LogP contribution < -0.4 is 10.9 Å². The van der Waals surface area contributed by atoms with Gasteiger partial charge in [-0.1, -0.05) is 37.6 Å². The van der Waals surface area contributed by atoms with E-state index in [1.165, 1.54) is 28.8 Å². The van der Waals surface area contributed by atoms with Gasteiger partial charge in [0, 0.05) is 16.4 Å². The van der Waals surface area contributed by atoms with E-state index in [1.807, 2.05) is 12.1 Å². The van der Waals surface area contributed by atoms with Crippen molar-refractivity contribution in [2.24, 2.45) is 0 Å². The molecule has 0 unspecified atom stereocenters. The number of sulfone groups is 1. The van der Waals surface area contributed by atoms with Gasteiger partial charge in [-0.05, 0) is 73.4 Å². The lowest BCUT2D eigenvalue weighted by Crippen LogP contribution is -2.33. The third-order valence-corrected chi connectivity index (χ3v) is 7.38. The average molecular weight is 473 g/mol. The fourth-order valence-electron chi connectivity index (χ4n) is 3.46. The van der Waals surface area contributed by atoms with Gasteiger partial charge in [-0.15, -0.1) is 0 Å². The normalized spacial score (nSPS) is 11.6. The van der Waals surface area contributed by atoms with E-state index in [2.05, 4.69) is 19.2 Å². The van der Waals surface area contributed by atoms with E-state index in [0.29, 0.717) is 27.9 Å². The Balaban J connectivity index is 1.93. The molecule has 1 amide bonds. The number of carbonyl (C=O) groups excluding carboxylic acids is 1. The monoisotopic (exact) mass is 472 g/mol. The fraction of sp³-hybridized carbons (Fsp3) is 0.250. The predicted octanol–water partition coefficient (Wildman–Crippen LogP) is 4.71. The summed E-state index contributed by atoms with van der Waals surface area (Å²) in [4.78, 5) is 25.4. The number of hydrogen-bond acceptors (Lipinski definition) is 4. The molecule has 1 N–H and O–H groups in total. The molecule has 3 rings (SSSR count). The van der Waals surface area contributed by atoms with E-state index in [0.717, 1.165) is 5.56 Å². The molecule has 0 atom stereocenters. The lowest BCUT2D eigenvalue weighted by Gasteiger charge is -2.15. The van der Waals surface area contributed by atoms with Crippen molar-refractivity contribution in [3.05, 3.63) is 86.8 Å². The number of aryl methyl sites for hydroxylation is 2. The summed E-state index contributed by atoms with van der Waals surface area (Å²) in [5.74, 6) is -0.0549. The maximum Gasteiger partial charge on any atom is 0.270 e. The number of anilines is 1. The molecule has 2 aromatic carbocycles. The molecule has 0 saturated carbocycles. The van der Waals surface area contributed by atoms with Crippen LogP contribution in [-0.2, 0) is 21.2 Å². The number of rotatable bonds is 6. The summed E-state index contributed by atoms with van der Waals surface area (Å²) < 4.78 is 27.5. The molecule has 8 heteroatoms. The van der Waals surface area contributed by atoms with Crippen molar-refractivity contribution in [2.75, 3.05) is 5.32 Å². The minimum absolute atomic E-state index is 0.0350. The van der Waals surface area contributed by atoms with Gasteiger partial charge in [0.1, 0.15) is 11.4 Å². The first-order valence-electron chi connectivity index (χ1n) is 10.1. The predicted molar refractivity (Wildman–Crippen MR) is 126 cm³/mol. The van der Waals surface area contributed by atoms with Crippen molar-refractivity contribution in [2.45, 2.75) is 49.9 Å². The maximum atomic E-state index is 13.2. The van der Waals surface area contributed by atoms with E-state index < -0.39 is 21.3 Å². The molecular weight excluding hydrogens is 448 g/mol. The van der Waals surface area contributed by atoms with E-state index in [4.69, 9.17) is 11.6 Å². The van der Waals surface area contributed by atoms with Crippen LogP contribution in [0.15, 0.2) is 69.2 Å². The summed E-state index contributed by atoms with van der Waals surface area (Å²) in [7, 11) is -4.09. The highest BCUT2D eigenvalue weighted by Crippen LogP contribution is 2.23. The summed E-state index contributed by atoms with van der Waals surface area (Å²) in [5.41, 5.74) is 1.83. The number of amides is 1. The van der Waals surface area contributed by atoms with Gasteiger partial charge in [0.15, 0.2) is 0 Å². The Labute approximate surface area is 192 Å². The van der Waals surface area contributed by atoms with E-state index >= 15 is 0 Å². The van der Waals surface area contributed by atoms with Crippen LogP contribution in [0, 0.1) is 13.8 Å². The third-order valence-electron chi connectivity index (χ3n) is 5.20. The molecule has 0 spiro atoms. The minimum atomic E-state index is -4.09. The van der Waals surface area contributed by atoms with Gasteiger partial charge in [0.2, 0.25) is 15.7 Å². The molecule has 0 saturated heterocycles. The number of carbonyl (C=O) groups is 1. The number of hydrogen-bond donors (Lipinski definition) is 1. The first kappa shape index (κ1) is 23.8. The smallest absolute Gasteiger partial charge is 0.270 e. The van der Waals surface area contributed by atoms with Crippen LogP contribution in [-0.4, -0.2) is 18.9 Å². The highest BCUT2D eigenvalue weighted by molar-refractivity contribution is 7.91. The van der Waals surface area contributed by atoms with Gasteiger partial charge in [-0.3, -0.25) is 9.59 Å². The van der Waals surface area contributed by atoms with Crippen LogP contribution in [0.25, 0.3) is 0 Å².